The van der Waals surface area contributed by atoms with Crippen LogP contribution in [-0.4, -0.2) is 15.8 Å². The first kappa shape index (κ1) is 20.0. The highest BCUT2D eigenvalue weighted by atomic mass is 16.6. The molecule has 0 radical (unpaired) electrons. The molecule has 1 heterocycles. The molecule has 0 unspecified atom stereocenters. The maximum atomic E-state index is 12.4. The number of anilines is 1. The quantitative estimate of drug-likeness (QED) is 0.278. The second kappa shape index (κ2) is 8.49. The first-order valence-electron chi connectivity index (χ1n) is 8.40. The van der Waals surface area contributed by atoms with E-state index in [2.05, 4.69) is 5.32 Å². The van der Waals surface area contributed by atoms with Gasteiger partial charge in [0.05, 0.1) is 9.85 Å². The lowest BCUT2D eigenvalue weighted by molar-refractivity contribution is -0.384. The summed E-state index contributed by atoms with van der Waals surface area (Å²) in [6.45, 7) is 0. The van der Waals surface area contributed by atoms with Crippen LogP contribution in [-0.2, 0) is 4.79 Å². The van der Waals surface area contributed by atoms with Crippen molar-refractivity contribution in [3.05, 3.63) is 92.2 Å². The third-order valence-electron chi connectivity index (χ3n) is 3.99. The van der Waals surface area contributed by atoms with Crippen molar-refractivity contribution in [2.45, 2.75) is 0 Å². The zero-order valence-corrected chi connectivity index (χ0v) is 15.1. The number of furan rings is 1. The van der Waals surface area contributed by atoms with Crippen LogP contribution in [0.2, 0.25) is 0 Å². The zero-order valence-electron chi connectivity index (χ0n) is 15.1. The van der Waals surface area contributed by atoms with Gasteiger partial charge in [-0.15, -0.1) is 0 Å². The van der Waals surface area contributed by atoms with Gasteiger partial charge in [-0.1, -0.05) is 12.1 Å². The third kappa shape index (κ3) is 4.37. The van der Waals surface area contributed by atoms with Crippen LogP contribution in [0, 0.1) is 31.6 Å². The molecule has 0 atom stereocenters. The lowest BCUT2D eigenvalue weighted by atomic mass is 10.1. The summed E-state index contributed by atoms with van der Waals surface area (Å²) < 4.78 is 5.58. The summed E-state index contributed by atoms with van der Waals surface area (Å²) in [5.74, 6) is -0.259. The number of nitrogens with zero attached hydrogens (tertiary/aromatic N) is 3. The molecule has 0 fully saturated rings. The van der Waals surface area contributed by atoms with E-state index in [-0.39, 0.29) is 28.4 Å². The van der Waals surface area contributed by atoms with E-state index >= 15 is 0 Å². The molecule has 0 aliphatic heterocycles. The zero-order chi connectivity index (χ0) is 21.7. The van der Waals surface area contributed by atoms with E-state index in [1.807, 2.05) is 0 Å². The van der Waals surface area contributed by atoms with Gasteiger partial charge in [0, 0.05) is 29.8 Å². The number of nitro groups is 2. The number of carbonyl (C=O) groups is 1. The van der Waals surface area contributed by atoms with Gasteiger partial charge in [0.2, 0.25) is 0 Å². The molecular weight excluding hydrogens is 392 g/mol. The Morgan fingerprint density at radius 3 is 2.33 bits per heavy atom. The minimum Gasteiger partial charge on any atom is -0.457 e. The van der Waals surface area contributed by atoms with Crippen molar-refractivity contribution in [2.75, 3.05) is 5.32 Å². The summed E-state index contributed by atoms with van der Waals surface area (Å²) in [5.41, 5.74) is -0.161. The van der Waals surface area contributed by atoms with Gasteiger partial charge in [-0.25, -0.2) is 0 Å². The molecule has 0 saturated carbocycles. The number of rotatable bonds is 6. The number of amides is 1. The fourth-order valence-corrected chi connectivity index (χ4v) is 2.55. The smallest absolute Gasteiger partial charge is 0.292 e. The number of benzene rings is 2. The predicted octanol–water partition coefficient (Wildman–Crippen LogP) is 4.31. The van der Waals surface area contributed by atoms with Crippen molar-refractivity contribution in [3.63, 3.8) is 0 Å². The Hall–Kier alpha value is -4.78. The van der Waals surface area contributed by atoms with E-state index in [4.69, 9.17) is 4.42 Å². The summed E-state index contributed by atoms with van der Waals surface area (Å²) in [7, 11) is 0. The molecular formula is C20H12N4O6. The monoisotopic (exact) mass is 404 g/mol. The molecule has 0 aliphatic rings. The number of carbonyl (C=O) groups excluding carboxylic acids is 1. The second-order valence-corrected chi connectivity index (χ2v) is 5.90. The Labute approximate surface area is 169 Å². The lowest BCUT2D eigenvalue weighted by Gasteiger charge is -2.04. The molecule has 30 heavy (non-hydrogen) atoms. The number of nitrogens with one attached hydrogen (secondary N) is 1. The SMILES string of the molecule is N#C/C(=C\c1ccc(-c2ccc([N+](=O)[O-])cc2)o1)C(=O)Nc1ccccc1[N+](=O)[O-]. The van der Waals surface area contributed by atoms with Crippen molar-refractivity contribution in [1.29, 1.82) is 5.26 Å². The van der Waals surface area contributed by atoms with Gasteiger partial charge in [-0.2, -0.15) is 5.26 Å². The van der Waals surface area contributed by atoms with Crippen LogP contribution in [0.4, 0.5) is 17.1 Å². The van der Waals surface area contributed by atoms with Gasteiger partial charge in [0.15, 0.2) is 0 Å². The third-order valence-corrected chi connectivity index (χ3v) is 3.99. The van der Waals surface area contributed by atoms with E-state index in [9.17, 15) is 30.3 Å². The van der Waals surface area contributed by atoms with Crippen molar-refractivity contribution in [1.82, 2.24) is 0 Å². The summed E-state index contributed by atoms with van der Waals surface area (Å²) >= 11 is 0. The van der Waals surface area contributed by atoms with Crippen LogP contribution in [0.5, 0.6) is 0 Å². The molecule has 0 saturated heterocycles. The van der Waals surface area contributed by atoms with Crippen molar-refractivity contribution >= 4 is 29.0 Å². The maximum Gasteiger partial charge on any atom is 0.292 e. The Kier molecular flexibility index (Phi) is 5.65. The molecule has 1 aromatic heterocycles. The topological polar surface area (TPSA) is 152 Å². The molecule has 0 bridgehead atoms. The van der Waals surface area contributed by atoms with Crippen molar-refractivity contribution in [3.8, 4) is 17.4 Å². The Morgan fingerprint density at radius 1 is 1.00 bits per heavy atom. The molecule has 10 heteroatoms. The average molecular weight is 404 g/mol. The second-order valence-electron chi connectivity index (χ2n) is 5.90. The minimum absolute atomic E-state index is 0.0420. The summed E-state index contributed by atoms with van der Waals surface area (Å²) in [6, 6.07) is 16.1. The van der Waals surface area contributed by atoms with E-state index in [1.165, 1.54) is 60.7 Å². The largest absolute Gasteiger partial charge is 0.457 e. The number of para-hydroxylation sites is 2. The van der Waals surface area contributed by atoms with Gasteiger partial charge in [0.1, 0.15) is 28.9 Å². The highest BCUT2D eigenvalue weighted by Crippen LogP contribution is 2.26. The van der Waals surface area contributed by atoms with Crippen LogP contribution < -0.4 is 5.32 Å². The maximum absolute atomic E-state index is 12.4. The van der Waals surface area contributed by atoms with Crippen molar-refractivity contribution < 1.29 is 19.1 Å². The molecule has 10 nitrogen and oxygen atoms in total. The summed E-state index contributed by atoms with van der Waals surface area (Å²) in [5, 5.41) is 33.4. The molecule has 0 aliphatic carbocycles. The van der Waals surface area contributed by atoms with Gasteiger partial charge < -0.3 is 9.73 Å². The Balaban J connectivity index is 1.82. The molecule has 1 N–H and O–H groups in total. The molecule has 148 valence electrons. The number of hydrogen-bond donors (Lipinski definition) is 1. The minimum atomic E-state index is -0.833. The van der Waals surface area contributed by atoms with Crippen LogP contribution in [0.15, 0.2) is 70.7 Å². The van der Waals surface area contributed by atoms with Crippen LogP contribution >= 0.6 is 0 Å². The van der Waals surface area contributed by atoms with Gasteiger partial charge in [-0.3, -0.25) is 25.0 Å². The highest BCUT2D eigenvalue weighted by Gasteiger charge is 2.18. The first-order valence-corrected chi connectivity index (χ1v) is 8.40. The molecule has 3 aromatic rings. The number of nitro benzene ring substituents is 2. The van der Waals surface area contributed by atoms with Gasteiger partial charge in [-0.05, 0) is 30.3 Å². The average Bonchev–Trinajstić information content (AvgIpc) is 3.21. The molecule has 3 rings (SSSR count). The molecule has 0 spiro atoms. The van der Waals surface area contributed by atoms with Gasteiger partial charge >= 0.3 is 0 Å². The fourth-order valence-electron chi connectivity index (χ4n) is 2.55. The van der Waals surface area contributed by atoms with Crippen LogP contribution in [0.25, 0.3) is 17.4 Å². The number of non-ortho nitro benzene ring substituents is 1. The normalized spacial score (nSPS) is 10.8. The predicted molar refractivity (Wildman–Crippen MR) is 106 cm³/mol. The number of nitriles is 1. The van der Waals surface area contributed by atoms with Crippen molar-refractivity contribution in [2.24, 2.45) is 0 Å². The van der Waals surface area contributed by atoms with Crippen LogP contribution in [0.3, 0.4) is 0 Å². The molecule has 1 amide bonds. The van der Waals surface area contributed by atoms with E-state index in [1.54, 1.807) is 12.1 Å². The Bertz CT molecular complexity index is 1200. The number of hydrogen-bond acceptors (Lipinski definition) is 7. The summed E-state index contributed by atoms with van der Waals surface area (Å²) in [6.07, 6.45) is 1.19. The van der Waals surface area contributed by atoms with E-state index in [0.717, 1.165) is 0 Å². The first-order chi connectivity index (χ1) is 14.4. The van der Waals surface area contributed by atoms with E-state index < -0.39 is 15.8 Å². The summed E-state index contributed by atoms with van der Waals surface area (Å²) in [4.78, 5) is 33.0. The van der Waals surface area contributed by atoms with E-state index in [0.29, 0.717) is 11.3 Å². The molecule has 2 aromatic carbocycles. The fraction of sp³-hybridized carbons (Fsp3) is 0. The Morgan fingerprint density at radius 2 is 1.70 bits per heavy atom. The van der Waals surface area contributed by atoms with Crippen LogP contribution in [0.1, 0.15) is 5.76 Å². The lowest BCUT2D eigenvalue weighted by Crippen LogP contribution is -2.14. The standard InChI is InChI=1S/C20H12N4O6/c21-12-14(20(25)22-17-3-1-2-4-18(17)24(28)29)11-16-9-10-19(30-16)13-5-7-15(8-6-13)23(26)27/h1-11H,(H,22,25)/b14-11+. The highest BCUT2D eigenvalue weighted by molar-refractivity contribution is 6.10. The van der Waals surface area contributed by atoms with Gasteiger partial charge in [0.25, 0.3) is 17.3 Å².